The molecule has 0 aliphatic heterocycles. The van der Waals surface area contributed by atoms with Crippen LogP contribution in [0.3, 0.4) is 0 Å². The number of thiazole rings is 1. The molecule has 0 saturated carbocycles. The highest BCUT2D eigenvalue weighted by atomic mass is 32.1. The largest absolute Gasteiger partial charge is 0.317 e. The van der Waals surface area contributed by atoms with Gasteiger partial charge in [-0.15, -0.1) is 11.3 Å². The number of nitrogens with zero attached hydrogens (tertiary/aromatic N) is 1. The number of aromatic nitrogens is 1. The molecule has 1 aromatic rings. The zero-order chi connectivity index (χ0) is 15.6. The minimum atomic E-state index is 0.155. The lowest BCUT2D eigenvalue weighted by Gasteiger charge is -2.30. The summed E-state index contributed by atoms with van der Waals surface area (Å²) in [6.45, 7) is 16.0. The zero-order valence-corrected chi connectivity index (χ0v) is 15.3. The maximum atomic E-state index is 4.82. The third kappa shape index (κ3) is 5.17. The molecule has 1 rings (SSSR count). The van der Waals surface area contributed by atoms with Gasteiger partial charge in [-0.25, -0.2) is 4.98 Å². The normalized spacial score (nSPS) is 16.2. The highest BCUT2D eigenvalue weighted by Crippen LogP contribution is 2.30. The number of hydrogen-bond donors (Lipinski definition) is 1. The lowest BCUT2D eigenvalue weighted by molar-refractivity contribution is 0.225. The molecule has 0 aliphatic carbocycles. The van der Waals surface area contributed by atoms with Crippen molar-refractivity contribution in [3.8, 4) is 0 Å². The SMILES string of the molecule is CNC(Cc1nc(C(C)(C)C)cs1)CC(C)C(C)(C)C. The molecule has 0 spiro atoms. The Morgan fingerprint density at radius 1 is 1.20 bits per heavy atom. The average molecular weight is 297 g/mol. The summed E-state index contributed by atoms with van der Waals surface area (Å²) < 4.78 is 0. The maximum absolute atomic E-state index is 4.82. The molecule has 1 heterocycles. The van der Waals surface area contributed by atoms with Gasteiger partial charge in [0.1, 0.15) is 0 Å². The lowest BCUT2D eigenvalue weighted by atomic mass is 9.78. The Morgan fingerprint density at radius 3 is 2.20 bits per heavy atom. The van der Waals surface area contributed by atoms with Crippen molar-refractivity contribution in [2.24, 2.45) is 11.3 Å². The molecule has 20 heavy (non-hydrogen) atoms. The summed E-state index contributed by atoms with van der Waals surface area (Å²) in [5.74, 6) is 0.696. The first-order valence-electron chi connectivity index (χ1n) is 7.66. The molecule has 2 atom stereocenters. The Morgan fingerprint density at radius 2 is 1.80 bits per heavy atom. The summed E-state index contributed by atoms with van der Waals surface area (Å²) in [5, 5.41) is 6.95. The van der Waals surface area contributed by atoms with Crippen LogP contribution in [-0.2, 0) is 11.8 Å². The zero-order valence-electron chi connectivity index (χ0n) is 14.5. The molecule has 116 valence electrons. The molecule has 1 aromatic heterocycles. The van der Waals surface area contributed by atoms with Crippen LogP contribution in [0.4, 0.5) is 0 Å². The number of rotatable bonds is 5. The van der Waals surface area contributed by atoms with Crippen molar-refractivity contribution >= 4 is 11.3 Å². The van der Waals surface area contributed by atoms with E-state index in [2.05, 4.69) is 66.2 Å². The van der Waals surface area contributed by atoms with Crippen molar-refractivity contribution in [3.05, 3.63) is 16.1 Å². The molecule has 2 unspecified atom stereocenters. The summed E-state index contributed by atoms with van der Waals surface area (Å²) in [4.78, 5) is 4.82. The van der Waals surface area contributed by atoms with E-state index in [4.69, 9.17) is 4.98 Å². The summed E-state index contributed by atoms with van der Waals surface area (Å²) >= 11 is 1.80. The number of hydrogen-bond acceptors (Lipinski definition) is 3. The van der Waals surface area contributed by atoms with Crippen LogP contribution in [-0.4, -0.2) is 18.1 Å². The van der Waals surface area contributed by atoms with Crippen molar-refractivity contribution < 1.29 is 0 Å². The molecule has 0 aromatic carbocycles. The van der Waals surface area contributed by atoms with Gasteiger partial charge in [-0.1, -0.05) is 48.5 Å². The topological polar surface area (TPSA) is 24.9 Å². The van der Waals surface area contributed by atoms with Crippen LogP contribution in [0.1, 0.15) is 65.6 Å². The van der Waals surface area contributed by atoms with Crippen LogP contribution in [0.15, 0.2) is 5.38 Å². The van der Waals surface area contributed by atoms with Gasteiger partial charge < -0.3 is 5.32 Å². The monoisotopic (exact) mass is 296 g/mol. The van der Waals surface area contributed by atoms with Crippen molar-refractivity contribution in [1.29, 1.82) is 0 Å². The van der Waals surface area contributed by atoms with E-state index in [0.717, 1.165) is 6.42 Å². The fraction of sp³-hybridized carbons (Fsp3) is 0.824. The van der Waals surface area contributed by atoms with Crippen molar-refractivity contribution in [2.75, 3.05) is 7.05 Å². The molecular formula is C17H32N2S. The maximum Gasteiger partial charge on any atom is 0.0944 e. The first kappa shape index (κ1) is 17.6. The van der Waals surface area contributed by atoms with Crippen LogP contribution in [0.5, 0.6) is 0 Å². The molecular weight excluding hydrogens is 264 g/mol. The van der Waals surface area contributed by atoms with Crippen LogP contribution >= 0.6 is 11.3 Å². The first-order chi connectivity index (χ1) is 9.04. The van der Waals surface area contributed by atoms with Crippen LogP contribution in [0, 0.1) is 11.3 Å². The van der Waals surface area contributed by atoms with E-state index in [1.807, 2.05) is 0 Å². The molecule has 0 aliphatic rings. The van der Waals surface area contributed by atoms with Crippen LogP contribution < -0.4 is 5.32 Å². The van der Waals surface area contributed by atoms with Gasteiger partial charge >= 0.3 is 0 Å². The van der Waals surface area contributed by atoms with Gasteiger partial charge in [-0.3, -0.25) is 0 Å². The van der Waals surface area contributed by atoms with Gasteiger partial charge in [0.25, 0.3) is 0 Å². The summed E-state index contributed by atoms with van der Waals surface area (Å²) in [7, 11) is 2.07. The second-order valence-electron chi connectivity index (χ2n) is 8.07. The van der Waals surface area contributed by atoms with E-state index in [0.29, 0.717) is 17.4 Å². The highest BCUT2D eigenvalue weighted by Gasteiger charge is 2.24. The minimum absolute atomic E-state index is 0.155. The Labute approximate surface area is 129 Å². The molecule has 0 bridgehead atoms. The predicted molar refractivity (Wildman–Crippen MR) is 90.6 cm³/mol. The van der Waals surface area contributed by atoms with Crippen LogP contribution in [0.25, 0.3) is 0 Å². The lowest BCUT2D eigenvalue weighted by Crippen LogP contribution is -2.33. The van der Waals surface area contributed by atoms with Gasteiger partial charge in [0.15, 0.2) is 0 Å². The summed E-state index contributed by atoms with van der Waals surface area (Å²) in [6, 6.07) is 0.517. The van der Waals surface area contributed by atoms with Crippen molar-refractivity contribution in [2.45, 2.75) is 72.8 Å². The predicted octanol–water partition coefficient (Wildman–Crippen LogP) is 4.64. The van der Waals surface area contributed by atoms with E-state index >= 15 is 0 Å². The molecule has 2 nitrogen and oxygen atoms in total. The molecule has 0 amide bonds. The van der Waals surface area contributed by atoms with Gasteiger partial charge in [0.05, 0.1) is 10.7 Å². The van der Waals surface area contributed by atoms with E-state index in [1.54, 1.807) is 11.3 Å². The molecule has 0 saturated heterocycles. The fourth-order valence-electron chi connectivity index (χ4n) is 2.04. The number of likely N-dealkylation sites (N-methyl/N-ethyl adjacent to an activating group) is 1. The smallest absolute Gasteiger partial charge is 0.0944 e. The molecule has 3 heteroatoms. The molecule has 0 radical (unpaired) electrons. The quantitative estimate of drug-likeness (QED) is 0.856. The third-order valence-electron chi connectivity index (χ3n) is 4.27. The second-order valence-corrected chi connectivity index (χ2v) is 9.01. The standard InChI is InChI=1S/C17H32N2S/c1-12(16(2,3)4)9-13(18-8)10-15-19-14(11-20-15)17(5,6)7/h11-13,18H,9-10H2,1-8H3. The summed E-state index contributed by atoms with van der Waals surface area (Å²) in [5.41, 5.74) is 1.74. The Kier molecular flexibility index (Phi) is 5.79. The summed E-state index contributed by atoms with van der Waals surface area (Å²) in [6.07, 6.45) is 2.24. The minimum Gasteiger partial charge on any atom is -0.317 e. The molecule has 0 fully saturated rings. The third-order valence-corrected chi connectivity index (χ3v) is 5.14. The van der Waals surface area contributed by atoms with E-state index in [1.165, 1.54) is 17.1 Å². The van der Waals surface area contributed by atoms with Gasteiger partial charge in [-0.05, 0) is 24.8 Å². The Balaban J connectivity index is 2.67. The van der Waals surface area contributed by atoms with Crippen molar-refractivity contribution in [1.82, 2.24) is 10.3 Å². The molecule has 1 N–H and O–H groups in total. The van der Waals surface area contributed by atoms with E-state index in [9.17, 15) is 0 Å². The van der Waals surface area contributed by atoms with E-state index in [-0.39, 0.29) is 5.41 Å². The number of nitrogens with one attached hydrogen (secondary N) is 1. The Bertz CT molecular complexity index is 409. The van der Waals surface area contributed by atoms with Crippen LogP contribution in [0.2, 0.25) is 0 Å². The van der Waals surface area contributed by atoms with E-state index < -0.39 is 0 Å². The second kappa shape index (κ2) is 6.57. The van der Waals surface area contributed by atoms with Gasteiger partial charge in [-0.2, -0.15) is 0 Å². The van der Waals surface area contributed by atoms with Crippen molar-refractivity contribution in [3.63, 3.8) is 0 Å². The Hall–Kier alpha value is -0.410. The average Bonchev–Trinajstić information content (AvgIpc) is 2.74. The first-order valence-corrected chi connectivity index (χ1v) is 8.54. The van der Waals surface area contributed by atoms with Gasteiger partial charge in [0.2, 0.25) is 0 Å². The highest BCUT2D eigenvalue weighted by molar-refractivity contribution is 7.09. The van der Waals surface area contributed by atoms with Gasteiger partial charge in [0, 0.05) is 23.3 Å². The fourth-order valence-corrected chi connectivity index (χ4v) is 3.15.